The molecule has 1 fully saturated rings. The first-order chi connectivity index (χ1) is 23.0. The minimum absolute atomic E-state index is 0.147. The summed E-state index contributed by atoms with van der Waals surface area (Å²) in [5.41, 5.74) is 0.840. The van der Waals surface area contributed by atoms with E-state index in [1.165, 1.54) is 13.8 Å². The van der Waals surface area contributed by atoms with Gasteiger partial charge in [-0.05, 0) is 61.7 Å². The second-order valence-corrected chi connectivity index (χ2v) is 13.7. The van der Waals surface area contributed by atoms with Crippen molar-refractivity contribution in [2.45, 2.75) is 63.6 Å². The fourth-order valence-corrected chi connectivity index (χ4v) is 8.40. The van der Waals surface area contributed by atoms with Crippen molar-refractivity contribution >= 4 is 34.8 Å². The topological polar surface area (TPSA) is 99.6 Å². The van der Waals surface area contributed by atoms with Crippen molar-refractivity contribution < 1.29 is 33.4 Å². The molecule has 0 radical (unpaired) electrons. The summed E-state index contributed by atoms with van der Waals surface area (Å²) in [5, 5.41) is 10.2. The lowest BCUT2D eigenvalue weighted by atomic mass is 9.71. The lowest BCUT2D eigenvalue weighted by molar-refractivity contribution is -0.151. The third-order valence-corrected chi connectivity index (χ3v) is 10.5. The highest BCUT2D eigenvalue weighted by Crippen LogP contribution is 2.59. The lowest BCUT2D eigenvalue weighted by Gasteiger charge is -2.37. The molecule has 48 heavy (non-hydrogen) atoms. The van der Waals surface area contributed by atoms with Crippen molar-refractivity contribution in [3.8, 4) is 5.75 Å². The molecule has 7 rings (SSSR count). The molecular formula is C38H40FN3O6. The maximum atomic E-state index is 16.3. The largest absolute Gasteiger partial charge is 0.482 e. The molecule has 250 valence electrons. The molecule has 1 saturated heterocycles. The number of fused-ring (bicyclic) bond motifs is 4. The summed E-state index contributed by atoms with van der Waals surface area (Å²) in [5.74, 6) is -1.87. The van der Waals surface area contributed by atoms with Crippen LogP contribution in [-0.2, 0) is 37.7 Å². The van der Waals surface area contributed by atoms with Crippen molar-refractivity contribution in [1.29, 1.82) is 0 Å². The van der Waals surface area contributed by atoms with E-state index in [-0.39, 0.29) is 43.9 Å². The summed E-state index contributed by atoms with van der Waals surface area (Å²) in [6, 6.07) is 20.0. The number of alkyl halides is 1. The molecule has 4 heterocycles. The van der Waals surface area contributed by atoms with Crippen LogP contribution in [0, 0.1) is 11.8 Å². The summed E-state index contributed by atoms with van der Waals surface area (Å²) in [6.45, 7) is 8.75. The number of rotatable bonds is 7. The zero-order chi connectivity index (χ0) is 34.0. The molecule has 9 nitrogen and oxygen atoms in total. The Bertz CT molecular complexity index is 1800. The highest BCUT2D eigenvalue weighted by Gasteiger charge is 2.66. The molecule has 4 aliphatic heterocycles. The van der Waals surface area contributed by atoms with Crippen molar-refractivity contribution in [3.05, 3.63) is 96.1 Å². The van der Waals surface area contributed by atoms with Gasteiger partial charge in [-0.3, -0.25) is 19.3 Å². The average Bonchev–Trinajstić information content (AvgIpc) is 3.49. The molecule has 5 atom stereocenters. The number of hydrogen-bond donors (Lipinski definition) is 1. The monoisotopic (exact) mass is 653 g/mol. The highest BCUT2D eigenvalue weighted by atomic mass is 19.1. The quantitative estimate of drug-likeness (QED) is 0.352. The standard InChI is InChI=1S/C38H40FN3O6/c1-5-16-40-29-15-14-26(42-30-12-8-9-13-31(30)47-22-34(42)45)18-28(29)38(36(40)46)23(2)35(37(3,4)39)32(48-38)19-33(44)41-20-25-11-7-6-10-24(25)17-27(41)21-43/h5-15,18,23,27,32,35,43H,1,16-17,19-22H2,2-4H3/t23-,27-,32+,35-,38+/m0/s1. The number of aliphatic hydroxyl groups is 1. The van der Waals surface area contributed by atoms with Crippen molar-refractivity contribution in [2.75, 3.05) is 29.6 Å². The zero-order valence-electron chi connectivity index (χ0n) is 27.4. The first-order valence-electron chi connectivity index (χ1n) is 16.5. The number of benzene rings is 3. The number of ether oxygens (including phenoxy) is 2. The summed E-state index contributed by atoms with van der Waals surface area (Å²) >= 11 is 0. The second-order valence-electron chi connectivity index (χ2n) is 13.7. The van der Waals surface area contributed by atoms with Crippen LogP contribution in [0.2, 0.25) is 0 Å². The fraction of sp³-hybridized carbons (Fsp3) is 0.395. The molecule has 0 aromatic heterocycles. The number of hydrogen-bond acceptors (Lipinski definition) is 6. The summed E-state index contributed by atoms with van der Waals surface area (Å²) in [4.78, 5) is 46.7. The molecule has 0 aliphatic carbocycles. The first kappa shape index (κ1) is 32.0. The number of anilines is 3. The maximum absolute atomic E-state index is 16.3. The van der Waals surface area contributed by atoms with E-state index in [9.17, 15) is 19.5 Å². The van der Waals surface area contributed by atoms with Crippen LogP contribution in [0.15, 0.2) is 79.4 Å². The fourth-order valence-electron chi connectivity index (χ4n) is 8.40. The van der Waals surface area contributed by atoms with E-state index in [0.717, 1.165) is 11.1 Å². The Hall–Kier alpha value is -4.54. The highest BCUT2D eigenvalue weighted by molar-refractivity contribution is 6.10. The number of para-hydroxylation sites is 2. The van der Waals surface area contributed by atoms with Crippen molar-refractivity contribution in [2.24, 2.45) is 11.8 Å². The Morgan fingerprint density at radius 3 is 2.54 bits per heavy atom. The number of nitrogens with zero attached hydrogens (tertiary/aromatic N) is 3. The molecule has 3 amide bonds. The molecule has 1 N–H and O–H groups in total. The van der Waals surface area contributed by atoms with E-state index >= 15 is 4.39 Å². The van der Waals surface area contributed by atoms with Crippen molar-refractivity contribution in [1.82, 2.24) is 4.90 Å². The van der Waals surface area contributed by atoms with E-state index < -0.39 is 35.3 Å². The molecule has 0 saturated carbocycles. The predicted molar refractivity (Wildman–Crippen MR) is 179 cm³/mol. The van der Waals surface area contributed by atoms with Crippen LogP contribution in [0.4, 0.5) is 21.5 Å². The third-order valence-electron chi connectivity index (χ3n) is 10.5. The second kappa shape index (κ2) is 11.9. The van der Waals surface area contributed by atoms with Gasteiger partial charge >= 0.3 is 0 Å². The van der Waals surface area contributed by atoms with E-state index in [2.05, 4.69) is 6.58 Å². The number of amides is 3. The molecule has 10 heteroatoms. The number of aliphatic hydroxyl groups excluding tert-OH is 1. The van der Waals surface area contributed by atoms with Crippen LogP contribution in [0.25, 0.3) is 0 Å². The van der Waals surface area contributed by atoms with Crippen LogP contribution < -0.4 is 14.5 Å². The molecule has 0 unspecified atom stereocenters. The number of carbonyl (C=O) groups is 3. The summed E-state index contributed by atoms with van der Waals surface area (Å²) in [6.07, 6.45) is 1.02. The Balaban J connectivity index is 1.29. The van der Waals surface area contributed by atoms with Gasteiger partial charge in [-0.2, -0.15) is 0 Å². The Morgan fingerprint density at radius 2 is 1.81 bits per heavy atom. The smallest absolute Gasteiger partial charge is 0.269 e. The minimum atomic E-state index is -1.82. The van der Waals surface area contributed by atoms with E-state index in [4.69, 9.17) is 9.47 Å². The molecule has 3 aromatic carbocycles. The maximum Gasteiger partial charge on any atom is 0.269 e. The number of carbonyl (C=O) groups excluding carboxylic acids is 3. The Kier molecular flexibility index (Phi) is 7.91. The van der Waals surface area contributed by atoms with Gasteiger partial charge < -0.3 is 24.4 Å². The van der Waals surface area contributed by atoms with Gasteiger partial charge in [0, 0.05) is 36.2 Å². The van der Waals surface area contributed by atoms with Gasteiger partial charge in [0.1, 0.15) is 11.4 Å². The minimum Gasteiger partial charge on any atom is -0.482 e. The lowest BCUT2D eigenvalue weighted by Crippen LogP contribution is -2.48. The van der Waals surface area contributed by atoms with Gasteiger partial charge in [-0.25, -0.2) is 4.39 Å². The molecule has 3 aromatic rings. The normalized spacial score (nSPS) is 26.3. The molecule has 1 spiro atoms. The molecular weight excluding hydrogens is 613 g/mol. The first-order valence-corrected chi connectivity index (χ1v) is 16.5. The van der Waals surface area contributed by atoms with E-state index in [1.54, 1.807) is 51.1 Å². The predicted octanol–water partition coefficient (Wildman–Crippen LogP) is 5.21. The molecule has 4 aliphatic rings. The van der Waals surface area contributed by atoms with Gasteiger partial charge in [0.25, 0.3) is 11.8 Å². The third kappa shape index (κ3) is 4.92. The van der Waals surface area contributed by atoms with E-state index in [1.807, 2.05) is 43.3 Å². The van der Waals surface area contributed by atoms with Gasteiger partial charge in [-0.1, -0.05) is 49.4 Å². The average molecular weight is 654 g/mol. The Morgan fingerprint density at radius 1 is 1.08 bits per heavy atom. The number of halogens is 1. The van der Waals surface area contributed by atoms with Gasteiger partial charge in [0.05, 0.1) is 36.5 Å². The van der Waals surface area contributed by atoms with Crippen molar-refractivity contribution in [3.63, 3.8) is 0 Å². The Labute approximate surface area is 279 Å². The molecule has 0 bridgehead atoms. The van der Waals surface area contributed by atoms with Gasteiger partial charge in [0.15, 0.2) is 12.2 Å². The van der Waals surface area contributed by atoms with Crippen LogP contribution in [0.3, 0.4) is 0 Å². The van der Waals surface area contributed by atoms with Gasteiger partial charge in [-0.15, -0.1) is 6.58 Å². The van der Waals surface area contributed by atoms with Crippen LogP contribution in [-0.4, -0.2) is 65.3 Å². The van der Waals surface area contributed by atoms with E-state index in [0.29, 0.717) is 41.3 Å². The van der Waals surface area contributed by atoms with Crippen LogP contribution in [0.5, 0.6) is 5.75 Å². The zero-order valence-corrected chi connectivity index (χ0v) is 27.4. The summed E-state index contributed by atoms with van der Waals surface area (Å²) in [7, 11) is 0. The SMILES string of the molecule is C=CCN1C(=O)[C@]2(O[C@H](CC(=O)N3Cc4ccccc4C[C@H]3CO)[C@@H](C(C)(C)F)[C@@H]2C)c2cc(N3C(=O)COc4ccccc43)ccc21. The summed E-state index contributed by atoms with van der Waals surface area (Å²) < 4.78 is 28.8. The van der Waals surface area contributed by atoms with Gasteiger partial charge in [0.2, 0.25) is 5.91 Å². The van der Waals surface area contributed by atoms with Crippen LogP contribution >= 0.6 is 0 Å². The van der Waals surface area contributed by atoms with Crippen LogP contribution in [0.1, 0.15) is 43.9 Å².